The molecule has 90 valence electrons. The maximum atomic E-state index is 12.4. The summed E-state index contributed by atoms with van der Waals surface area (Å²) in [6.07, 6.45) is 1.70. The van der Waals surface area contributed by atoms with Crippen molar-refractivity contribution in [3.8, 4) is 0 Å². The molecule has 0 saturated carbocycles. The maximum Gasteiger partial charge on any atom is 0.207 e. The van der Waals surface area contributed by atoms with Gasteiger partial charge >= 0.3 is 0 Å². The van der Waals surface area contributed by atoms with Crippen LogP contribution in [0, 0.1) is 0 Å². The van der Waals surface area contributed by atoms with E-state index in [2.05, 4.69) is 0 Å². The van der Waals surface area contributed by atoms with Crippen LogP contribution in [0.3, 0.4) is 0 Å². The van der Waals surface area contributed by atoms with Crippen LogP contribution in [0.4, 0.5) is 5.69 Å². The van der Waals surface area contributed by atoms with Gasteiger partial charge in [0.15, 0.2) is 0 Å². The van der Waals surface area contributed by atoms with Crippen LogP contribution in [-0.2, 0) is 9.84 Å². The van der Waals surface area contributed by atoms with E-state index in [0.29, 0.717) is 21.1 Å². The summed E-state index contributed by atoms with van der Waals surface area (Å²) in [5.74, 6) is 0. The lowest BCUT2D eigenvalue weighted by molar-refractivity contribution is 0.606. The van der Waals surface area contributed by atoms with Gasteiger partial charge in [-0.3, -0.25) is 0 Å². The number of anilines is 1. The lowest BCUT2D eigenvalue weighted by Gasteiger charge is -2.04. The largest absolute Gasteiger partial charge is 0.399 e. The highest BCUT2D eigenvalue weighted by Gasteiger charge is 2.29. The van der Waals surface area contributed by atoms with E-state index in [0.717, 1.165) is 5.56 Å². The molecule has 18 heavy (non-hydrogen) atoms. The SMILES string of the molecule is Nc1ccc(C2=Cc3ccccc3S2(=O)=O)cc1. The molecule has 2 N–H and O–H groups in total. The summed E-state index contributed by atoms with van der Waals surface area (Å²) >= 11 is 0. The zero-order valence-corrected chi connectivity index (χ0v) is 10.3. The Morgan fingerprint density at radius 3 is 2.22 bits per heavy atom. The molecule has 4 heteroatoms. The van der Waals surface area contributed by atoms with Gasteiger partial charge in [0.1, 0.15) is 0 Å². The van der Waals surface area contributed by atoms with Crippen molar-refractivity contribution in [2.24, 2.45) is 0 Å². The van der Waals surface area contributed by atoms with Crippen molar-refractivity contribution >= 4 is 26.5 Å². The summed E-state index contributed by atoms with van der Waals surface area (Å²) in [6.45, 7) is 0. The first-order valence-corrected chi connectivity index (χ1v) is 6.99. The molecule has 1 aliphatic heterocycles. The highest BCUT2D eigenvalue weighted by atomic mass is 32.2. The van der Waals surface area contributed by atoms with Gasteiger partial charge in [-0.2, -0.15) is 0 Å². The van der Waals surface area contributed by atoms with Crippen LogP contribution in [0.25, 0.3) is 11.0 Å². The zero-order chi connectivity index (χ0) is 12.8. The van der Waals surface area contributed by atoms with Crippen molar-refractivity contribution in [3.05, 3.63) is 59.7 Å². The molecule has 0 amide bonds. The number of fused-ring (bicyclic) bond motifs is 1. The molecule has 0 fully saturated rings. The topological polar surface area (TPSA) is 60.2 Å². The Balaban J connectivity index is 2.20. The molecule has 1 aliphatic rings. The number of nitrogens with two attached hydrogens (primary N) is 1. The van der Waals surface area contributed by atoms with Crippen LogP contribution in [-0.4, -0.2) is 8.42 Å². The van der Waals surface area contributed by atoms with Gasteiger partial charge in [0, 0.05) is 5.69 Å². The number of hydrogen-bond donors (Lipinski definition) is 1. The van der Waals surface area contributed by atoms with Crippen molar-refractivity contribution < 1.29 is 8.42 Å². The minimum atomic E-state index is -3.39. The minimum Gasteiger partial charge on any atom is -0.399 e. The molecular formula is C14H11NO2S. The molecule has 0 aromatic heterocycles. The zero-order valence-electron chi connectivity index (χ0n) is 9.50. The van der Waals surface area contributed by atoms with Gasteiger partial charge < -0.3 is 5.73 Å². The Hall–Kier alpha value is -2.07. The third-order valence-electron chi connectivity index (χ3n) is 2.98. The van der Waals surface area contributed by atoms with E-state index in [1.807, 2.05) is 6.07 Å². The van der Waals surface area contributed by atoms with Crippen LogP contribution in [0.1, 0.15) is 11.1 Å². The summed E-state index contributed by atoms with van der Waals surface area (Å²) < 4.78 is 24.7. The normalized spacial score (nSPS) is 16.1. The molecule has 0 unspecified atom stereocenters. The van der Waals surface area contributed by atoms with Crippen molar-refractivity contribution in [2.75, 3.05) is 5.73 Å². The van der Waals surface area contributed by atoms with Crippen molar-refractivity contribution in [3.63, 3.8) is 0 Å². The Morgan fingerprint density at radius 2 is 1.56 bits per heavy atom. The molecule has 1 heterocycles. The smallest absolute Gasteiger partial charge is 0.207 e. The molecule has 3 rings (SSSR count). The van der Waals surface area contributed by atoms with Crippen molar-refractivity contribution in [2.45, 2.75) is 4.90 Å². The first-order valence-electron chi connectivity index (χ1n) is 5.51. The van der Waals surface area contributed by atoms with Crippen LogP contribution in [0.15, 0.2) is 53.4 Å². The number of rotatable bonds is 1. The second-order valence-electron chi connectivity index (χ2n) is 4.17. The monoisotopic (exact) mass is 257 g/mol. The number of benzene rings is 2. The first-order chi connectivity index (χ1) is 8.59. The van der Waals surface area contributed by atoms with Crippen molar-refractivity contribution in [1.82, 2.24) is 0 Å². The van der Waals surface area contributed by atoms with Gasteiger partial charge in [0.2, 0.25) is 9.84 Å². The van der Waals surface area contributed by atoms with Crippen molar-refractivity contribution in [1.29, 1.82) is 0 Å². The first kappa shape index (κ1) is 11.0. The average molecular weight is 257 g/mol. The van der Waals surface area contributed by atoms with E-state index < -0.39 is 9.84 Å². The summed E-state index contributed by atoms with van der Waals surface area (Å²) in [6, 6.07) is 13.9. The van der Waals surface area contributed by atoms with E-state index in [9.17, 15) is 8.42 Å². The van der Waals surface area contributed by atoms with E-state index in [1.165, 1.54) is 0 Å². The van der Waals surface area contributed by atoms with Gasteiger partial charge in [-0.1, -0.05) is 30.3 Å². The summed E-state index contributed by atoms with van der Waals surface area (Å²) in [4.78, 5) is 0.709. The van der Waals surface area contributed by atoms with Crippen LogP contribution < -0.4 is 5.73 Å². The van der Waals surface area contributed by atoms with Gasteiger partial charge in [-0.25, -0.2) is 8.42 Å². The molecule has 0 radical (unpaired) electrons. The van der Waals surface area contributed by atoms with Gasteiger partial charge in [-0.05, 0) is 35.4 Å². The molecule has 3 nitrogen and oxygen atoms in total. The Morgan fingerprint density at radius 1 is 0.889 bits per heavy atom. The fourth-order valence-corrected chi connectivity index (χ4v) is 3.73. The van der Waals surface area contributed by atoms with Crippen LogP contribution >= 0.6 is 0 Å². The van der Waals surface area contributed by atoms with E-state index in [1.54, 1.807) is 48.5 Å². The Kier molecular flexibility index (Phi) is 2.28. The maximum absolute atomic E-state index is 12.4. The molecule has 0 atom stereocenters. The third kappa shape index (κ3) is 1.54. The quantitative estimate of drug-likeness (QED) is 0.799. The van der Waals surface area contributed by atoms with E-state index in [-0.39, 0.29) is 0 Å². The molecular weight excluding hydrogens is 246 g/mol. The molecule has 2 aromatic carbocycles. The van der Waals surface area contributed by atoms with Gasteiger partial charge in [0.25, 0.3) is 0 Å². The minimum absolute atomic E-state index is 0.337. The molecule has 0 bridgehead atoms. The Labute approximate surface area is 105 Å². The number of nitrogen functional groups attached to an aromatic ring is 1. The molecule has 0 spiro atoms. The molecule has 0 aliphatic carbocycles. The lowest BCUT2D eigenvalue weighted by atomic mass is 10.1. The van der Waals surface area contributed by atoms with Crippen LogP contribution in [0.5, 0.6) is 0 Å². The lowest BCUT2D eigenvalue weighted by Crippen LogP contribution is -2.00. The van der Waals surface area contributed by atoms with Gasteiger partial charge in [-0.15, -0.1) is 0 Å². The number of hydrogen-bond acceptors (Lipinski definition) is 3. The average Bonchev–Trinajstić information content (AvgIpc) is 2.63. The predicted octanol–water partition coefficient (Wildman–Crippen LogP) is 2.55. The predicted molar refractivity (Wildman–Crippen MR) is 72.4 cm³/mol. The van der Waals surface area contributed by atoms with Crippen LogP contribution in [0.2, 0.25) is 0 Å². The Bertz CT molecular complexity index is 744. The summed E-state index contributed by atoms with van der Waals surface area (Å²) in [7, 11) is -3.39. The third-order valence-corrected chi connectivity index (χ3v) is 4.86. The fourth-order valence-electron chi connectivity index (χ4n) is 2.07. The van der Waals surface area contributed by atoms with Gasteiger partial charge in [0.05, 0.1) is 9.80 Å². The fraction of sp³-hybridized carbons (Fsp3) is 0. The molecule has 2 aromatic rings. The molecule has 0 saturated heterocycles. The highest BCUT2D eigenvalue weighted by Crippen LogP contribution is 2.38. The number of sulfone groups is 1. The summed E-state index contributed by atoms with van der Waals surface area (Å²) in [5, 5.41) is 0. The van der Waals surface area contributed by atoms with E-state index in [4.69, 9.17) is 5.73 Å². The second kappa shape index (κ2) is 3.71. The second-order valence-corrected chi connectivity index (χ2v) is 6.06. The standard InChI is InChI=1S/C14H11NO2S/c15-12-7-5-10(6-8-12)14-9-11-3-1-2-4-13(11)18(14,16)17/h1-9H,15H2. The van der Waals surface area contributed by atoms with E-state index >= 15 is 0 Å². The summed E-state index contributed by atoms with van der Waals surface area (Å²) in [5.41, 5.74) is 7.63. The highest BCUT2D eigenvalue weighted by molar-refractivity contribution is 8.01.